The van der Waals surface area contributed by atoms with E-state index in [1.165, 1.54) is 11.8 Å². The van der Waals surface area contributed by atoms with Crippen molar-refractivity contribution < 1.29 is 9.53 Å². The second-order valence-corrected chi connectivity index (χ2v) is 7.88. The summed E-state index contributed by atoms with van der Waals surface area (Å²) >= 11 is 7.22. The average molecular weight is 412 g/mol. The van der Waals surface area contributed by atoms with Crippen LogP contribution in [0, 0.1) is 5.92 Å². The molecule has 3 aromatic rings. The van der Waals surface area contributed by atoms with Crippen LogP contribution in [-0.4, -0.2) is 11.7 Å². The van der Waals surface area contributed by atoms with Crippen molar-refractivity contribution in [3.8, 4) is 11.5 Å². The number of ether oxygens (including phenoxy) is 1. The largest absolute Gasteiger partial charge is 0.457 e. The Kier molecular flexibility index (Phi) is 7.40. The second kappa shape index (κ2) is 10.2. The van der Waals surface area contributed by atoms with E-state index in [-0.39, 0.29) is 11.0 Å². The maximum Gasteiger partial charge on any atom is 0.193 e. The molecule has 1 N–H and O–H groups in total. The highest BCUT2D eigenvalue weighted by atomic mass is 35.5. The highest BCUT2D eigenvalue weighted by Crippen LogP contribution is 2.25. The summed E-state index contributed by atoms with van der Waals surface area (Å²) in [5.74, 6) is 2.10. The lowest BCUT2D eigenvalue weighted by atomic mass is 10.2. The van der Waals surface area contributed by atoms with E-state index in [0.29, 0.717) is 17.3 Å². The zero-order chi connectivity index (χ0) is 19.8. The Morgan fingerprint density at radius 2 is 1.71 bits per heavy atom. The lowest BCUT2D eigenvalue weighted by Crippen LogP contribution is -2.18. The predicted molar refractivity (Wildman–Crippen MR) is 118 cm³/mol. The first-order valence-electron chi connectivity index (χ1n) is 9.08. The molecule has 3 aromatic carbocycles. The van der Waals surface area contributed by atoms with Crippen LogP contribution in [0.5, 0.6) is 11.5 Å². The van der Waals surface area contributed by atoms with Gasteiger partial charge in [-0.25, -0.2) is 0 Å². The zero-order valence-corrected chi connectivity index (χ0v) is 17.2. The summed E-state index contributed by atoms with van der Waals surface area (Å²) in [5.41, 5.74) is 2.02. The number of anilines is 1. The van der Waals surface area contributed by atoms with Gasteiger partial charge in [-0.3, -0.25) is 4.79 Å². The quantitative estimate of drug-likeness (QED) is 0.450. The molecule has 0 amide bonds. The van der Waals surface area contributed by atoms with E-state index in [0.717, 1.165) is 22.7 Å². The highest BCUT2D eigenvalue weighted by molar-refractivity contribution is 8.13. The number of thioether (sulfide) groups is 1. The van der Waals surface area contributed by atoms with Crippen molar-refractivity contribution >= 4 is 34.2 Å². The Labute approximate surface area is 175 Å². The number of benzene rings is 3. The van der Waals surface area contributed by atoms with E-state index in [1.807, 2.05) is 85.8 Å². The highest BCUT2D eigenvalue weighted by Gasteiger charge is 2.14. The Bertz CT molecular complexity index is 900. The Morgan fingerprint density at radius 1 is 1.00 bits per heavy atom. The standard InChI is InChI=1S/C23H22ClNO2S/c1-17(15-25-20-12-10-19(24)11-13-20)23(26)28-16-18-6-5-9-22(14-18)27-21-7-3-2-4-8-21/h2-14,17,25H,15-16H2,1H3. The molecule has 0 saturated carbocycles. The molecule has 0 bridgehead atoms. The van der Waals surface area contributed by atoms with Gasteiger partial charge in [-0.15, -0.1) is 0 Å². The number of hydrogen-bond acceptors (Lipinski definition) is 4. The molecule has 0 aliphatic carbocycles. The molecular weight excluding hydrogens is 390 g/mol. The van der Waals surface area contributed by atoms with Crippen molar-refractivity contribution in [3.05, 3.63) is 89.4 Å². The minimum absolute atomic E-state index is 0.0931. The lowest BCUT2D eigenvalue weighted by Gasteiger charge is -2.13. The third-order valence-electron chi connectivity index (χ3n) is 4.12. The van der Waals surface area contributed by atoms with Gasteiger partial charge in [0.15, 0.2) is 5.12 Å². The molecule has 0 heterocycles. The predicted octanol–water partition coefficient (Wildman–Crippen LogP) is 6.64. The molecule has 0 aromatic heterocycles. The Morgan fingerprint density at radius 3 is 2.46 bits per heavy atom. The normalized spacial score (nSPS) is 11.6. The minimum Gasteiger partial charge on any atom is -0.457 e. The SMILES string of the molecule is CC(CNc1ccc(Cl)cc1)C(=O)SCc1cccc(Oc2ccccc2)c1. The van der Waals surface area contributed by atoms with Gasteiger partial charge in [-0.1, -0.05) is 60.6 Å². The molecule has 1 unspecified atom stereocenters. The summed E-state index contributed by atoms with van der Waals surface area (Å²) in [6.07, 6.45) is 0. The number of carbonyl (C=O) groups is 1. The summed E-state index contributed by atoms with van der Waals surface area (Å²) in [4.78, 5) is 12.4. The minimum atomic E-state index is -0.0931. The average Bonchev–Trinajstić information content (AvgIpc) is 2.72. The van der Waals surface area contributed by atoms with Gasteiger partial charge in [0.25, 0.3) is 0 Å². The number of hydrogen-bond donors (Lipinski definition) is 1. The van der Waals surface area contributed by atoms with Crippen molar-refractivity contribution in [1.29, 1.82) is 0 Å². The summed E-state index contributed by atoms with van der Waals surface area (Å²) in [5, 5.41) is 4.14. The fourth-order valence-corrected chi connectivity index (χ4v) is 3.52. The molecule has 3 nitrogen and oxygen atoms in total. The molecule has 0 aliphatic rings. The Hall–Kier alpha value is -2.43. The number of nitrogens with one attached hydrogen (secondary N) is 1. The van der Waals surface area contributed by atoms with E-state index in [4.69, 9.17) is 16.3 Å². The van der Waals surface area contributed by atoms with Crippen molar-refractivity contribution in [2.24, 2.45) is 5.92 Å². The fraction of sp³-hybridized carbons (Fsp3) is 0.174. The molecule has 1 atom stereocenters. The summed E-state index contributed by atoms with van der Waals surface area (Å²) in [7, 11) is 0. The van der Waals surface area contributed by atoms with Crippen LogP contribution < -0.4 is 10.1 Å². The van der Waals surface area contributed by atoms with Crippen LogP contribution >= 0.6 is 23.4 Å². The summed E-state index contributed by atoms with van der Waals surface area (Å²) < 4.78 is 5.86. The van der Waals surface area contributed by atoms with Crippen molar-refractivity contribution in [1.82, 2.24) is 0 Å². The van der Waals surface area contributed by atoms with Crippen molar-refractivity contribution in [2.75, 3.05) is 11.9 Å². The molecule has 144 valence electrons. The van der Waals surface area contributed by atoms with Crippen molar-refractivity contribution in [2.45, 2.75) is 12.7 Å². The van der Waals surface area contributed by atoms with Crippen LogP contribution in [-0.2, 0) is 10.5 Å². The van der Waals surface area contributed by atoms with Gasteiger partial charge in [0.05, 0.1) is 0 Å². The first-order valence-corrected chi connectivity index (χ1v) is 10.4. The zero-order valence-electron chi connectivity index (χ0n) is 15.6. The van der Waals surface area contributed by atoms with Gasteiger partial charge >= 0.3 is 0 Å². The first-order chi connectivity index (χ1) is 13.6. The number of rotatable bonds is 8. The maximum atomic E-state index is 12.4. The monoisotopic (exact) mass is 411 g/mol. The molecular formula is C23H22ClNO2S. The molecule has 5 heteroatoms. The van der Waals surface area contributed by atoms with Crippen LogP contribution in [0.3, 0.4) is 0 Å². The molecule has 28 heavy (non-hydrogen) atoms. The van der Waals surface area contributed by atoms with Gasteiger partial charge in [-0.2, -0.15) is 0 Å². The van der Waals surface area contributed by atoms with Gasteiger partial charge < -0.3 is 10.1 Å². The molecule has 0 radical (unpaired) electrons. The maximum absolute atomic E-state index is 12.4. The number of halogens is 1. The molecule has 0 saturated heterocycles. The van der Waals surface area contributed by atoms with Gasteiger partial charge in [0.2, 0.25) is 0 Å². The molecule has 0 spiro atoms. The van der Waals surface area contributed by atoms with Gasteiger partial charge in [-0.05, 0) is 54.1 Å². The molecule has 0 aliphatic heterocycles. The first kappa shape index (κ1) is 20.3. The summed E-state index contributed by atoms with van der Waals surface area (Å²) in [6, 6.07) is 25.0. The third-order valence-corrected chi connectivity index (χ3v) is 5.53. The number of carbonyl (C=O) groups excluding carboxylic acids is 1. The molecule has 0 fully saturated rings. The van der Waals surface area contributed by atoms with E-state index >= 15 is 0 Å². The van der Waals surface area contributed by atoms with E-state index in [2.05, 4.69) is 5.32 Å². The third kappa shape index (κ3) is 6.32. The van der Waals surface area contributed by atoms with Crippen molar-refractivity contribution in [3.63, 3.8) is 0 Å². The lowest BCUT2D eigenvalue weighted by molar-refractivity contribution is -0.113. The van der Waals surface area contributed by atoms with Gasteiger partial charge in [0, 0.05) is 28.9 Å². The van der Waals surface area contributed by atoms with E-state index in [9.17, 15) is 4.79 Å². The van der Waals surface area contributed by atoms with Gasteiger partial charge in [0.1, 0.15) is 11.5 Å². The smallest absolute Gasteiger partial charge is 0.193 e. The van der Waals surface area contributed by atoms with Crippen LogP contribution in [0.15, 0.2) is 78.9 Å². The van der Waals surface area contributed by atoms with Crippen LogP contribution in [0.2, 0.25) is 5.02 Å². The van der Waals surface area contributed by atoms with E-state index in [1.54, 1.807) is 0 Å². The van der Waals surface area contributed by atoms with Crippen LogP contribution in [0.25, 0.3) is 0 Å². The summed E-state index contributed by atoms with van der Waals surface area (Å²) in [6.45, 7) is 2.53. The molecule has 3 rings (SSSR count). The van der Waals surface area contributed by atoms with Crippen LogP contribution in [0.4, 0.5) is 5.69 Å². The number of para-hydroxylation sites is 1. The fourth-order valence-electron chi connectivity index (χ4n) is 2.54. The van der Waals surface area contributed by atoms with Crippen LogP contribution in [0.1, 0.15) is 12.5 Å². The second-order valence-electron chi connectivity index (χ2n) is 6.46. The van der Waals surface area contributed by atoms with E-state index < -0.39 is 0 Å². The topological polar surface area (TPSA) is 38.3 Å². The Balaban J connectivity index is 1.48.